The number of morpholine rings is 1. The number of halogens is 1. The van der Waals surface area contributed by atoms with Crippen molar-refractivity contribution in [1.29, 1.82) is 0 Å². The maximum atomic E-state index is 11.9. The normalized spacial score (nSPS) is 27.2. The first-order valence-electron chi connectivity index (χ1n) is 6.40. The van der Waals surface area contributed by atoms with E-state index in [2.05, 4.69) is 17.6 Å². The van der Waals surface area contributed by atoms with Crippen molar-refractivity contribution in [3.63, 3.8) is 0 Å². The van der Waals surface area contributed by atoms with E-state index in [9.17, 15) is 4.79 Å². The highest BCUT2D eigenvalue weighted by molar-refractivity contribution is 5.85. The van der Waals surface area contributed by atoms with Crippen molar-refractivity contribution in [2.75, 3.05) is 19.7 Å². The molecule has 0 aromatic heterocycles. The quantitative estimate of drug-likeness (QED) is 0.801. The van der Waals surface area contributed by atoms with E-state index in [1.807, 2.05) is 0 Å². The molecule has 0 spiro atoms. The van der Waals surface area contributed by atoms with E-state index >= 15 is 0 Å². The zero-order valence-corrected chi connectivity index (χ0v) is 11.2. The summed E-state index contributed by atoms with van der Waals surface area (Å²) in [4.78, 5) is 11.9. The summed E-state index contributed by atoms with van der Waals surface area (Å²) in [5.41, 5.74) is 0. The molecule has 2 atom stereocenters. The maximum Gasteiger partial charge on any atom is 0.250 e. The molecule has 100 valence electrons. The fraction of sp³-hybridized carbons (Fsp3) is 0.917. The van der Waals surface area contributed by atoms with Gasteiger partial charge in [0, 0.05) is 19.1 Å². The Hall–Kier alpha value is -0.320. The maximum absolute atomic E-state index is 11.9. The van der Waals surface area contributed by atoms with Crippen molar-refractivity contribution in [2.24, 2.45) is 5.92 Å². The topological polar surface area (TPSA) is 50.4 Å². The first-order valence-corrected chi connectivity index (χ1v) is 6.40. The van der Waals surface area contributed by atoms with Gasteiger partial charge >= 0.3 is 0 Å². The lowest BCUT2D eigenvalue weighted by Gasteiger charge is -2.26. The summed E-state index contributed by atoms with van der Waals surface area (Å²) >= 11 is 0. The highest BCUT2D eigenvalue weighted by Crippen LogP contribution is 2.27. The molecule has 1 aliphatic carbocycles. The van der Waals surface area contributed by atoms with Crippen molar-refractivity contribution in [1.82, 2.24) is 10.6 Å². The molecule has 2 unspecified atom stereocenters. The molecule has 1 saturated heterocycles. The largest absolute Gasteiger partial charge is 0.366 e. The highest BCUT2D eigenvalue weighted by Gasteiger charge is 2.27. The van der Waals surface area contributed by atoms with Gasteiger partial charge in [0.25, 0.3) is 5.91 Å². The van der Waals surface area contributed by atoms with Gasteiger partial charge in [-0.15, -0.1) is 12.4 Å². The second kappa shape index (κ2) is 7.19. The number of hydrogen-bond donors (Lipinski definition) is 2. The number of nitrogens with one attached hydrogen (secondary N) is 2. The Balaban J connectivity index is 0.00000144. The van der Waals surface area contributed by atoms with Crippen LogP contribution in [0.1, 0.15) is 32.6 Å². The second-order valence-corrected chi connectivity index (χ2v) is 4.91. The summed E-state index contributed by atoms with van der Waals surface area (Å²) in [6.07, 6.45) is 4.84. The molecular formula is C12H23ClN2O2. The van der Waals surface area contributed by atoms with Crippen LogP contribution in [0.4, 0.5) is 0 Å². The van der Waals surface area contributed by atoms with E-state index in [0.29, 0.717) is 25.1 Å². The van der Waals surface area contributed by atoms with Gasteiger partial charge in [0.2, 0.25) is 0 Å². The Morgan fingerprint density at radius 3 is 2.71 bits per heavy atom. The van der Waals surface area contributed by atoms with Gasteiger partial charge in [-0.25, -0.2) is 0 Å². The summed E-state index contributed by atoms with van der Waals surface area (Å²) in [5.74, 6) is 0.715. The van der Waals surface area contributed by atoms with Gasteiger partial charge in [-0.05, 0) is 25.7 Å². The summed E-state index contributed by atoms with van der Waals surface area (Å²) in [7, 11) is 0. The Morgan fingerprint density at radius 2 is 2.12 bits per heavy atom. The molecule has 5 heteroatoms. The van der Waals surface area contributed by atoms with E-state index in [-0.39, 0.29) is 24.4 Å². The predicted molar refractivity (Wildman–Crippen MR) is 69.4 cm³/mol. The monoisotopic (exact) mass is 262 g/mol. The third-order valence-electron chi connectivity index (χ3n) is 3.70. The van der Waals surface area contributed by atoms with Gasteiger partial charge in [0.1, 0.15) is 6.10 Å². The molecule has 1 aliphatic heterocycles. The number of carbonyl (C=O) groups excluding carboxylic acids is 1. The lowest BCUT2D eigenvalue weighted by Crippen LogP contribution is -2.50. The molecule has 0 aromatic carbocycles. The molecule has 2 N–H and O–H groups in total. The van der Waals surface area contributed by atoms with Gasteiger partial charge < -0.3 is 15.4 Å². The van der Waals surface area contributed by atoms with Crippen LogP contribution in [0.5, 0.6) is 0 Å². The number of hydrogen-bond acceptors (Lipinski definition) is 3. The fourth-order valence-electron chi connectivity index (χ4n) is 2.63. The molecule has 1 saturated carbocycles. The van der Waals surface area contributed by atoms with Crippen LogP contribution in [-0.2, 0) is 9.53 Å². The van der Waals surface area contributed by atoms with Crippen LogP contribution >= 0.6 is 12.4 Å². The molecule has 0 bridgehead atoms. The average molecular weight is 263 g/mol. The van der Waals surface area contributed by atoms with E-state index in [1.54, 1.807) is 0 Å². The number of amides is 1. The van der Waals surface area contributed by atoms with Crippen LogP contribution in [0, 0.1) is 5.92 Å². The summed E-state index contributed by atoms with van der Waals surface area (Å²) in [5, 5.41) is 6.26. The lowest BCUT2D eigenvalue weighted by molar-refractivity contribution is -0.135. The van der Waals surface area contributed by atoms with Crippen LogP contribution in [0.25, 0.3) is 0 Å². The third-order valence-corrected chi connectivity index (χ3v) is 3.70. The van der Waals surface area contributed by atoms with Crippen LogP contribution in [0.2, 0.25) is 0 Å². The Morgan fingerprint density at radius 1 is 1.41 bits per heavy atom. The standard InChI is InChI=1S/C12H22N2O2.ClH/c1-9(10-4-2-3-5-10)14-12(15)11-8-13-6-7-16-11;/h9-11,13H,2-8H2,1H3,(H,14,15);1H. The molecule has 1 amide bonds. The van der Waals surface area contributed by atoms with Crippen molar-refractivity contribution in [3.8, 4) is 0 Å². The van der Waals surface area contributed by atoms with E-state index in [1.165, 1.54) is 25.7 Å². The van der Waals surface area contributed by atoms with E-state index in [0.717, 1.165) is 6.54 Å². The number of rotatable bonds is 3. The van der Waals surface area contributed by atoms with Crippen LogP contribution in [-0.4, -0.2) is 37.7 Å². The van der Waals surface area contributed by atoms with Crippen molar-refractivity contribution < 1.29 is 9.53 Å². The number of carbonyl (C=O) groups is 1. The van der Waals surface area contributed by atoms with Gasteiger partial charge in [0.05, 0.1) is 6.61 Å². The van der Waals surface area contributed by atoms with Crippen molar-refractivity contribution in [2.45, 2.75) is 44.8 Å². The molecule has 2 fully saturated rings. The minimum absolute atomic E-state index is 0. The summed E-state index contributed by atoms with van der Waals surface area (Å²) in [6.45, 7) is 4.24. The summed E-state index contributed by atoms with van der Waals surface area (Å²) < 4.78 is 5.43. The second-order valence-electron chi connectivity index (χ2n) is 4.91. The average Bonchev–Trinajstić information content (AvgIpc) is 2.83. The van der Waals surface area contributed by atoms with Gasteiger partial charge in [-0.1, -0.05) is 12.8 Å². The van der Waals surface area contributed by atoms with Crippen LogP contribution < -0.4 is 10.6 Å². The molecule has 0 radical (unpaired) electrons. The van der Waals surface area contributed by atoms with E-state index in [4.69, 9.17) is 4.74 Å². The van der Waals surface area contributed by atoms with Crippen LogP contribution in [0.15, 0.2) is 0 Å². The van der Waals surface area contributed by atoms with Gasteiger partial charge in [0.15, 0.2) is 0 Å². The highest BCUT2D eigenvalue weighted by atomic mass is 35.5. The van der Waals surface area contributed by atoms with Crippen molar-refractivity contribution in [3.05, 3.63) is 0 Å². The zero-order chi connectivity index (χ0) is 11.4. The Labute approximate surface area is 109 Å². The molecular weight excluding hydrogens is 240 g/mol. The minimum Gasteiger partial charge on any atom is -0.366 e. The van der Waals surface area contributed by atoms with Gasteiger partial charge in [-0.2, -0.15) is 0 Å². The fourth-order valence-corrected chi connectivity index (χ4v) is 2.63. The smallest absolute Gasteiger partial charge is 0.250 e. The Kier molecular flexibility index (Phi) is 6.23. The van der Waals surface area contributed by atoms with E-state index < -0.39 is 0 Å². The molecule has 4 nitrogen and oxygen atoms in total. The molecule has 1 heterocycles. The molecule has 17 heavy (non-hydrogen) atoms. The first-order chi connectivity index (χ1) is 7.77. The molecule has 2 aliphatic rings. The number of ether oxygens (including phenoxy) is 1. The Bertz CT molecular complexity index is 239. The van der Waals surface area contributed by atoms with Gasteiger partial charge in [-0.3, -0.25) is 4.79 Å². The molecule has 0 aromatic rings. The third kappa shape index (κ3) is 4.12. The summed E-state index contributed by atoms with van der Waals surface area (Å²) in [6, 6.07) is 0.292. The zero-order valence-electron chi connectivity index (χ0n) is 10.4. The lowest BCUT2D eigenvalue weighted by atomic mass is 9.99. The predicted octanol–water partition coefficient (Wildman–Crippen LogP) is 1.09. The first kappa shape index (κ1) is 14.7. The van der Waals surface area contributed by atoms with Crippen molar-refractivity contribution >= 4 is 18.3 Å². The molecule has 2 rings (SSSR count). The SMILES string of the molecule is CC(NC(=O)C1CNCCO1)C1CCCC1.Cl. The minimum atomic E-state index is -0.294. The van der Waals surface area contributed by atoms with Crippen LogP contribution in [0.3, 0.4) is 0 Å².